The number of ether oxygens (including phenoxy) is 1. The number of hydrogen-bond donors (Lipinski definition) is 2. The van der Waals surface area contributed by atoms with Crippen molar-refractivity contribution in [3.8, 4) is 23.1 Å². The summed E-state index contributed by atoms with van der Waals surface area (Å²) in [5, 5.41) is 9.14. The average molecular weight is 338 g/mol. The highest BCUT2D eigenvalue weighted by atomic mass is 79.9. The fraction of sp³-hybridized carbons (Fsp3) is 0.0833. The largest absolute Gasteiger partial charge is 0.493 e. The molecule has 0 saturated carbocycles. The third kappa shape index (κ3) is 2.23. The van der Waals surface area contributed by atoms with E-state index in [1.807, 2.05) is 6.07 Å². The van der Waals surface area contributed by atoms with Crippen molar-refractivity contribution in [2.45, 2.75) is 0 Å². The number of halogens is 2. The summed E-state index contributed by atoms with van der Waals surface area (Å²) in [5.41, 5.74) is 11.6. The summed E-state index contributed by atoms with van der Waals surface area (Å²) in [6.45, 7) is 0. The maximum Gasteiger partial charge on any atom is 0.222 e. The molecule has 2 rings (SSSR count). The molecule has 0 aliphatic carbocycles. The Morgan fingerprint density at radius 2 is 2.05 bits per heavy atom. The summed E-state index contributed by atoms with van der Waals surface area (Å²) in [4.78, 5) is 7.66. The van der Waals surface area contributed by atoms with E-state index in [2.05, 4.69) is 25.9 Å². The third-order valence-corrected chi connectivity index (χ3v) is 3.19. The summed E-state index contributed by atoms with van der Waals surface area (Å²) in [6, 6.07) is 4.90. The van der Waals surface area contributed by atoms with Gasteiger partial charge in [-0.2, -0.15) is 10.2 Å². The molecule has 20 heavy (non-hydrogen) atoms. The highest BCUT2D eigenvalue weighted by Gasteiger charge is 2.20. The molecule has 0 spiro atoms. The summed E-state index contributed by atoms with van der Waals surface area (Å²) in [6.07, 6.45) is 0. The Morgan fingerprint density at radius 3 is 2.65 bits per heavy atom. The summed E-state index contributed by atoms with van der Waals surface area (Å²) < 4.78 is 19.3. The minimum atomic E-state index is -0.607. The van der Waals surface area contributed by atoms with Gasteiger partial charge in [-0.1, -0.05) is 0 Å². The molecule has 0 bridgehead atoms. The normalized spacial score (nSPS) is 10.1. The summed E-state index contributed by atoms with van der Waals surface area (Å²) >= 11 is 3.06. The van der Waals surface area contributed by atoms with Crippen molar-refractivity contribution < 1.29 is 9.13 Å². The van der Waals surface area contributed by atoms with Gasteiger partial charge >= 0.3 is 0 Å². The van der Waals surface area contributed by atoms with Gasteiger partial charge in [-0.25, -0.2) is 9.37 Å². The Kier molecular flexibility index (Phi) is 3.72. The molecule has 0 amide bonds. The van der Waals surface area contributed by atoms with Crippen molar-refractivity contribution in [1.82, 2.24) is 9.97 Å². The standard InChI is InChI=1S/C12H9BrFN5O/c1-20-10-5(2-3-7(13)8(10)14)9-6(4-15)11(16)19-12(17)18-9/h2-3H,1H3,(H4,16,17,18,19). The molecule has 0 atom stereocenters. The van der Waals surface area contributed by atoms with Gasteiger partial charge in [0.1, 0.15) is 17.5 Å². The van der Waals surface area contributed by atoms with E-state index in [0.29, 0.717) is 0 Å². The van der Waals surface area contributed by atoms with E-state index >= 15 is 0 Å². The van der Waals surface area contributed by atoms with Crippen molar-refractivity contribution in [1.29, 1.82) is 5.26 Å². The second kappa shape index (κ2) is 5.30. The van der Waals surface area contributed by atoms with E-state index in [4.69, 9.17) is 21.5 Å². The Hall–Kier alpha value is -2.40. The van der Waals surface area contributed by atoms with Gasteiger partial charge in [-0.05, 0) is 28.1 Å². The molecule has 1 aromatic heterocycles. The fourth-order valence-electron chi connectivity index (χ4n) is 1.72. The van der Waals surface area contributed by atoms with Crippen LogP contribution < -0.4 is 16.2 Å². The van der Waals surface area contributed by atoms with Crippen molar-refractivity contribution in [2.75, 3.05) is 18.6 Å². The number of methoxy groups -OCH3 is 1. The topological polar surface area (TPSA) is 111 Å². The van der Waals surface area contributed by atoms with Crippen LogP contribution in [0.25, 0.3) is 11.3 Å². The molecule has 1 heterocycles. The van der Waals surface area contributed by atoms with Gasteiger partial charge in [-0.15, -0.1) is 0 Å². The molecule has 0 fully saturated rings. The lowest BCUT2D eigenvalue weighted by molar-refractivity contribution is 0.387. The second-order valence-corrected chi connectivity index (χ2v) is 4.60. The van der Waals surface area contributed by atoms with Crippen molar-refractivity contribution in [3.63, 3.8) is 0 Å². The fourth-order valence-corrected chi connectivity index (χ4v) is 2.03. The predicted molar refractivity (Wildman–Crippen MR) is 75.2 cm³/mol. The number of hydrogen-bond acceptors (Lipinski definition) is 6. The first-order valence-electron chi connectivity index (χ1n) is 5.35. The van der Waals surface area contributed by atoms with Crippen LogP contribution in [0.3, 0.4) is 0 Å². The zero-order chi connectivity index (χ0) is 14.9. The van der Waals surface area contributed by atoms with Crippen LogP contribution in [0.2, 0.25) is 0 Å². The van der Waals surface area contributed by atoms with Crippen LogP contribution in [-0.2, 0) is 0 Å². The maximum absolute atomic E-state index is 14.0. The first kappa shape index (κ1) is 14.0. The first-order valence-corrected chi connectivity index (χ1v) is 6.14. The molecule has 6 nitrogen and oxygen atoms in total. The molecule has 0 unspecified atom stereocenters. The van der Waals surface area contributed by atoms with E-state index in [1.54, 1.807) is 6.07 Å². The van der Waals surface area contributed by atoms with Crippen molar-refractivity contribution in [2.24, 2.45) is 0 Å². The van der Waals surface area contributed by atoms with E-state index in [0.717, 1.165) is 0 Å². The van der Waals surface area contributed by atoms with Gasteiger partial charge in [0.2, 0.25) is 5.95 Å². The lowest BCUT2D eigenvalue weighted by Crippen LogP contribution is -2.06. The number of nitrogen functional groups attached to an aromatic ring is 2. The number of anilines is 2. The molecular formula is C12H9BrFN5O. The van der Waals surface area contributed by atoms with E-state index in [9.17, 15) is 4.39 Å². The molecule has 2 aromatic rings. The second-order valence-electron chi connectivity index (χ2n) is 3.74. The van der Waals surface area contributed by atoms with Crippen LogP contribution >= 0.6 is 15.9 Å². The molecule has 1 aromatic carbocycles. The monoisotopic (exact) mass is 337 g/mol. The van der Waals surface area contributed by atoms with Gasteiger partial charge in [-0.3, -0.25) is 0 Å². The molecule has 4 N–H and O–H groups in total. The lowest BCUT2D eigenvalue weighted by Gasteiger charge is -2.12. The Bertz CT molecular complexity index is 729. The number of aromatic nitrogens is 2. The summed E-state index contributed by atoms with van der Waals surface area (Å²) in [5.74, 6) is -0.847. The lowest BCUT2D eigenvalue weighted by atomic mass is 10.1. The van der Waals surface area contributed by atoms with E-state index < -0.39 is 5.82 Å². The highest BCUT2D eigenvalue weighted by Crippen LogP contribution is 2.37. The average Bonchev–Trinajstić information content (AvgIpc) is 2.41. The highest BCUT2D eigenvalue weighted by molar-refractivity contribution is 9.10. The molecule has 8 heteroatoms. The zero-order valence-electron chi connectivity index (χ0n) is 10.3. The molecule has 0 aliphatic heterocycles. The first-order chi connectivity index (χ1) is 9.49. The number of nitriles is 1. The van der Waals surface area contributed by atoms with Crippen molar-refractivity contribution >= 4 is 27.7 Å². The van der Waals surface area contributed by atoms with Crippen LogP contribution in [0, 0.1) is 17.1 Å². The van der Waals surface area contributed by atoms with Crippen molar-refractivity contribution in [3.05, 3.63) is 28.0 Å². The molecular weight excluding hydrogens is 329 g/mol. The van der Waals surface area contributed by atoms with E-state index in [-0.39, 0.29) is 38.8 Å². The Balaban J connectivity index is 2.82. The van der Waals surface area contributed by atoms with E-state index in [1.165, 1.54) is 13.2 Å². The maximum atomic E-state index is 14.0. The summed E-state index contributed by atoms with van der Waals surface area (Å²) in [7, 11) is 1.31. The SMILES string of the molecule is COc1c(-c2nc(N)nc(N)c2C#N)ccc(Br)c1F. The number of nitrogens with zero attached hydrogens (tertiary/aromatic N) is 3. The van der Waals surface area contributed by atoms with Gasteiger partial charge in [0.25, 0.3) is 0 Å². The van der Waals surface area contributed by atoms with Crippen LogP contribution in [0.5, 0.6) is 5.75 Å². The molecule has 0 radical (unpaired) electrons. The molecule has 0 saturated heterocycles. The van der Waals surface area contributed by atoms with Crippen LogP contribution in [0.4, 0.5) is 16.2 Å². The number of nitrogens with two attached hydrogens (primary N) is 2. The third-order valence-electron chi connectivity index (χ3n) is 2.58. The van der Waals surface area contributed by atoms with Crippen LogP contribution in [0.15, 0.2) is 16.6 Å². The van der Waals surface area contributed by atoms with Gasteiger partial charge in [0.15, 0.2) is 11.6 Å². The Morgan fingerprint density at radius 1 is 1.35 bits per heavy atom. The Labute approximate surface area is 122 Å². The minimum Gasteiger partial charge on any atom is -0.493 e. The smallest absolute Gasteiger partial charge is 0.222 e. The number of rotatable bonds is 2. The van der Waals surface area contributed by atoms with Gasteiger partial charge < -0.3 is 16.2 Å². The minimum absolute atomic E-state index is 0.0132. The molecule has 0 aliphatic rings. The predicted octanol–water partition coefficient (Wildman–Crippen LogP) is 2.09. The molecule has 102 valence electrons. The van der Waals surface area contributed by atoms with Gasteiger partial charge in [0, 0.05) is 5.56 Å². The zero-order valence-corrected chi connectivity index (χ0v) is 11.9. The van der Waals surface area contributed by atoms with Crippen LogP contribution in [0.1, 0.15) is 5.56 Å². The van der Waals surface area contributed by atoms with Crippen LogP contribution in [-0.4, -0.2) is 17.1 Å². The number of benzene rings is 1. The van der Waals surface area contributed by atoms with Gasteiger partial charge in [0.05, 0.1) is 17.3 Å². The quantitative estimate of drug-likeness (QED) is 0.867.